The minimum absolute atomic E-state index is 0.0600. The van der Waals surface area contributed by atoms with Gasteiger partial charge in [-0.2, -0.15) is 0 Å². The summed E-state index contributed by atoms with van der Waals surface area (Å²) in [6, 6.07) is 14.1. The first kappa shape index (κ1) is 22.7. The lowest BCUT2D eigenvalue weighted by Gasteiger charge is -2.30. The van der Waals surface area contributed by atoms with E-state index in [1.807, 2.05) is 52.0 Å². The molecule has 0 spiro atoms. The SMILES string of the molecule is Cc1ccc(N2C(=O)/C(=C/c3cc(C)n(-c4cc(C)ccc4C)c3C)C(=O)NC2=S)c(C)c1. The standard InChI is InChI=1S/C27H27N3O2S/c1-15-8-10-23(18(4)11-15)30-26(32)22(25(31)28-27(30)33)14-21-13-19(5)29(20(21)6)24-12-16(2)7-9-17(24)3/h7-14H,1-6H3,(H,28,31,33)/b22-14+. The van der Waals surface area contributed by atoms with Gasteiger partial charge in [-0.3, -0.25) is 19.8 Å². The quantitative estimate of drug-likeness (QED) is 0.336. The first-order valence-corrected chi connectivity index (χ1v) is 11.2. The maximum absolute atomic E-state index is 13.5. The van der Waals surface area contributed by atoms with Gasteiger partial charge in [0.25, 0.3) is 11.8 Å². The molecule has 2 aromatic carbocycles. The smallest absolute Gasteiger partial charge is 0.270 e. The molecule has 0 unspecified atom stereocenters. The molecule has 0 saturated carbocycles. The number of rotatable bonds is 3. The molecular formula is C27H27N3O2S. The highest BCUT2D eigenvalue weighted by atomic mass is 32.1. The zero-order valence-electron chi connectivity index (χ0n) is 19.7. The van der Waals surface area contributed by atoms with E-state index in [0.29, 0.717) is 5.69 Å². The predicted molar refractivity (Wildman–Crippen MR) is 137 cm³/mol. The van der Waals surface area contributed by atoms with E-state index < -0.39 is 11.8 Å². The van der Waals surface area contributed by atoms with Gasteiger partial charge in [-0.25, -0.2) is 0 Å². The van der Waals surface area contributed by atoms with Crippen molar-refractivity contribution < 1.29 is 9.59 Å². The van der Waals surface area contributed by atoms with Gasteiger partial charge in [0.15, 0.2) is 5.11 Å². The highest BCUT2D eigenvalue weighted by Crippen LogP contribution is 2.29. The third-order valence-corrected chi connectivity index (χ3v) is 6.36. The van der Waals surface area contributed by atoms with E-state index in [9.17, 15) is 9.59 Å². The van der Waals surface area contributed by atoms with Gasteiger partial charge >= 0.3 is 0 Å². The summed E-state index contributed by atoms with van der Waals surface area (Å²) in [7, 11) is 0. The highest BCUT2D eigenvalue weighted by molar-refractivity contribution is 7.80. The first-order valence-electron chi connectivity index (χ1n) is 10.8. The Hall–Kier alpha value is -3.51. The molecule has 168 valence electrons. The summed E-state index contributed by atoms with van der Waals surface area (Å²) in [4.78, 5) is 27.7. The Kier molecular flexibility index (Phi) is 5.80. The van der Waals surface area contributed by atoms with Gasteiger partial charge in [0.05, 0.1) is 5.69 Å². The second-order valence-corrected chi connectivity index (χ2v) is 9.09. The maximum Gasteiger partial charge on any atom is 0.270 e. The Balaban J connectivity index is 1.80. The Morgan fingerprint density at radius 1 is 0.818 bits per heavy atom. The summed E-state index contributed by atoms with van der Waals surface area (Å²) in [6.07, 6.45) is 1.67. The van der Waals surface area contributed by atoms with Crippen LogP contribution in [0.5, 0.6) is 0 Å². The molecule has 3 aromatic rings. The van der Waals surface area contributed by atoms with Gasteiger partial charge in [-0.1, -0.05) is 29.8 Å². The molecule has 0 atom stereocenters. The van der Waals surface area contributed by atoms with E-state index in [4.69, 9.17) is 12.2 Å². The van der Waals surface area contributed by atoms with Crippen molar-refractivity contribution in [3.8, 4) is 5.69 Å². The van der Waals surface area contributed by atoms with Gasteiger partial charge in [0.2, 0.25) is 0 Å². The van der Waals surface area contributed by atoms with Gasteiger partial charge in [0.1, 0.15) is 5.57 Å². The fourth-order valence-electron chi connectivity index (χ4n) is 4.35. The summed E-state index contributed by atoms with van der Waals surface area (Å²) < 4.78 is 2.16. The lowest BCUT2D eigenvalue weighted by Crippen LogP contribution is -2.54. The molecule has 6 heteroatoms. The third kappa shape index (κ3) is 4.02. The molecule has 0 radical (unpaired) electrons. The fraction of sp³-hybridized carbons (Fsp3) is 0.222. The average Bonchev–Trinajstić information content (AvgIpc) is 3.01. The number of thiocarbonyl (C=S) groups is 1. The van der Waals surface area contributed by atoms with Crippen LogP contribution >= 0.6 is 12.2 Å². The summed E-state index contributed by atoms with van der Waals surface area (Å²) in [5, 5.41) is 2.77. The van der Waals surface area contributed by atoms with E-state index >= 15 is 0 Å². The van der Waals surface area contributed by atoms with E-state index in [1.165, 1.54) is 10.5 Å². The van der Waals surface area contributed by atoms with Crippen molar-refractivity contribution in [1.29, 1.82) is 0 Å². The fourth-order valence-corrected chi connectivity index (χ4v) is 4.63. The molecule has 1 N–H and O–H groups in total. The van der Waals surface area contributed by atoms with Crippen molar-refractivity contribution in [3.05, 3.63) is 87.2 Å². The third-order valence-electron chi connectivity index (χ3n) is 6.07. The van der Waals surface area contributed by atoms with Crippen LogP contribution in [0.4, 0.5) is 5.69 Å². The topological polar surface area (TPSA) is 54.3 Å². The van der Waals surface area contributed by atoms with Gasteiger partial charge in [0, 0.05) is 17.1 Å². The van der Waals surface area contributed by atoms with Crippen molar-refractivity contribution in [2.24, 2.45) is 0 Å². The van der Waals surface area contributed by atoms with Crippen molar-refractivity contribution in [1.82, 2.24) is 9.88 Å². The molecule has 4 rings (SSSR count). The zero-order valence-corrected chi connectivity index (χ0v) is 20.6. The lowest BCUT2D eigenvalue weighted by molar-refractivity contribution is -0.122. The minimum atomic E-state index is -0.484. The van der Waals surface area contributed by atoms with Gasteiger partial charge in [-0.15, -0.1) is 0 Å². The van der Waals surface area contributed by atoms with Crippen LogP contribution in [-0.2, 0) is 9.59 Å². The number of carbonyl (C=O) groups is 2. The average molecular weight is 458 g/mol. The van der Waals surface area contributed by atoms with E-state index in [1.54, 1.807) is 6.08 Å². The molecule has 1 aromatic heterocycles. The predicted octanol–water partition coefficient (Wildman–Crippen LogP) is 5.16. The van der Waals surface area contributed by atoms with Crippen molar-refractivity contribution in [2.45, 2.75) is 41.5 Å². The van der Waals surface area contributed by atoms with Crippen molar-refractivity contribution in [3.63, 3.8) is 0 Å². The minimum Gasteiger partial charge on any atom is -0.318 e. The number of nitrogens with zero attached hydrogens (tertiary/aromatic N) is 2. The molecule has 2 amide bonds. The molecule has 0 bridgehead atoms. The van der Waals surface area contributed by atoms with Crippen LogP contribution in [0.3, 0.4) is 0 Å². The lowest BCUT2D eigenvalue weighted by atomic mass is 10.0. The number of nitrogens with one attached hydrogen (secondary N) is 1. The van der Waals surface area contributed by atoms with Gasteiger partial charge in [-0.05, 0) is 100 Å². The van der Waals surface area contributed by atoms with Crippen LogP contribution in [0, 0.1) is 41.5 Å². The van der Waals surface area contributed by atoms with Crippen LogP contribution in [0.15, 0.2) is 48.0 Å². The first-order chi connectivity index (χ1) is 15.6. The Bertz CT molecular complexity index is 1360. The molecule has 1 fully saturated rings. The van der Waals surface area contributed by atoms with Crippen LogP contribution in [0.25, 0.3) is 11.8 Å². The normalized spacial score (nSPS) is 15.4. The van der Waals surface area contributed by atoms with Crippen molar-refractivity contribution in [2.75, 3.05) is 4.90 Å². The highest BCUT2D eigenvalue weighted by Gasteiger charge is 2.35. The van der Waals surface area contributed by atoms with E-state index in [-0.39, 0.29) is 10.7 Å². The largest absolute Gasteiger partial charge is 0.318 e. The number of hydrogen-bond acceptors (Lipinski definition) is 3. The monoisotopic (exact) mass is 457 g/mol. The van der Waals surface area contributed by atoms with Crippen molar-refractivity contribution >= 4 is 40.9 Å². The number of aromatic nitrogens is 1. The number of anilines is 1. The maximum atomic E-state index is 13.5. The molecule has 2 heterocycles. The Morgan fingerprint density at radius 2 is 1.48 bits per heavy atom. The van der Waals surface area contributed by atoms with Crippen LogP contribution in [-0.4, -0.2) is 21.5 Å². The number of amides is 2. The van der Waals surface area contributed by atoms with E-state index in [0.717, 1.165) is 39.3 Å². The summed E-state index contributed by atoms with van der Waals surface area (Å²) >= 11 is 5.36. The second kappa shape index (κ2) is 8.45. The van der Waals surface area contributed by atoms with E-state index in [2.05, 4.69) is 41.9 Å². The van der Waals surface area contributed by atoms with Crippen LogP contribution in [0.1, 0.15) is 39.2 Å². The number of benzene rings is 2. The Labute approximate surface area is 199 Å². The molecule has 5 nitrogen and oxygen atoms in total. The molecule has 1 saturated heterocycles. The summed E-state index contributed by atoms with van der Waals surface area (Å²) in [6.45, 7) is 12.1. The van der Waals surface area contributed by atoms with Crippen LogP contribution < -0.4 is 10.2 Å². The molecule has 0 aliphatic carbocycles. The molecular weight excluding hydrogens is 430 g/mol. The number of carbonyl (C=O) groups excluding carboxylic acids is 2. The molecule has 1 aliphatic rings. The number of aryl methyl sites for hydroxylation is 5. The summed E-state index contributed by atoms with van der Waals surface area (Å²) in [5.74, 6) is -0.908. The summed E-state index contributed by atoms with van der Waals surface area (Å²) in [5.41, 5.74) is 8.94. The number of hydrogen-bond donors (Lipinski definition) is 1. The second-order valence-electron chi connectivity index (χ2n) is 8.70. The van der Waals surface area contributed by atoms with Crippen LogP contribution in [0.2, 0.25) is 0 Å². The Morgan fingerprint density at radius 3 is 2.18 bits per heavy atom. The molecule has 33 heavy (non-hydrogen) atoms. The van der Waals surface area contributed by atoms with Gasteiger partial charge < -0.3 is 4.57 Å². The molecule has 1 aliphatic heterocycles. The zero-order chi connectivity index (χ0) is 24.0.